The standard InChI is InChI=1S/C22H30O2/c1-5-18(3)21-12-14-22(15-13-21)24-19(4)23-16-6-7-20-10-8-17(2)9-11-20/h8-15,18-19H,5-7,16H2,1-4H3. The van der Waals surface area contributed by atoms with E-state index in [1.807, 2.05) is 19.1 Å². The predicted molar refractivity (Wildman–Crippen MR) is 101 cm³/mol. The Morgan fingerprint density at radius 2 is 1.58 bits per heavy atom. The highest BCUT2D eigenvalue weighted by Crippen LogP contribution is 2.22. The highest BCUT2D eigenvalue weighted by molar-refractivity contribution is 5.29. The number of rotatable bonds is 9. The Morgan fingerprint density at radius 1 is 0.917 bits per heavy atom. The van der Waals surface area contributed by atoms with Crippen molar-refractivity contribution >= 4 is 0 Å². The molecule has 0 fully saturated rings. The first kappa shape index (κ1) is 18.5. The Kier molecular flexibility index (Phi) is 7.33. The zero-order valence-corrected chi connectivity index (χ0v) is 15.4. The zero-order valence-electron chi connectivity index (χ0n) is 15.4. The molecule has 0 bridgehead atoms. The summed E-state index contributed by atoms with van der Waals surface area (Å²) in [7, 11) is 0. The van der Waals surface area contributed by atoms with Crippen LogP contribution in [0.3, 0.4) is 0 Å². The van der Waals surface area contributed by atoms with Crippen LogP contribution in [0.15, 0.2) is 48.5 Å². The number of benzene rings is 2. The van der Waals surface area contributed by atoms with Gasteiger partial charge in [-0.05, 0) is 62.3 Å². The molecular weight excluding hydrogens is 296 g/mol. The van der Waals surface area contributed by atoms with E-state index in [-0.39, 0.29) is 6.29 Å². The van der Waals surface area contributed by atoms with Crippen molar-refractivity contribution in [3.8, 4) is 5.75 Å². The number of hydrogen-bond donors (Lipinski definition) is 0. The summed E-state index contributed by atoms with van der Waals surface area (Å²) in [5, 5.41) is 0. The van der Waals surface area contributed by atoms with Crippen molar-refractivity contribution in [2.45, 2.75) is 59.2 Å². The van der Waals surface area contributed by atoms with E-state index in [2.05, 4.69) is 57.2 Å². The van der Waals surface area contributed by atoms with E-state index < -0.39 is 0 Å². The van der Waals surface area contributed by atoms with Crippen molar-refractivity contribution in [2.24, 2.45) is 0 Å². The predicted octanol–water partition coefficient (Wildman–Crippen LogP) is 5.88. The molecule has 0 saturated carbocycles. The molecule has 0 radical (unpaired) electrons. The summed E-state index contributed by atoms with van der Waals surface area (Å²) in [4.78, 5) is 0. The molecule has 0 aliphatic rings. The smallest absolute Gasteiger partial charge is 0.196 e. The van der Waals surface area contributed by atoms with E-state index in [9.17, 15) is 0 Å². The monoisotopic (exact) mass is 326 g/mol. The molecule has 0 spiro atoms. The van der Waals surface area contributed by atoms with Gasteiger partial charge in [-0.15, -0.1) is 0 Å². The van der Waals surface area contributed by atoms with Crippen molar-refractivity contribution in [3.63, 3.8) is 0 Å². The van der Waals surface area contributed by atoms with Crippen LogP contribution >= 0.6 is 0 Å². The second kappa shape index (κ2) is 9.48. The Bertz CT molecular complexity index is 586. The summed E-state index contributed by atoms with van der Waals surface area (Å²) in [6.45, 7) is 9.23. The van der Waals surface area contributed by atoms with Crippen LogP contribution < -0.4 is 4.74 Å². The average molecular weight is 326 g/mol. The van der Waals surface area contributed by atoms with Crippen LogP contribution in [0.2, 0.25) is 0 Å². The summed E-state index contributed by atoms with van der Waals surface area (Å²) in [6, 6.07) is 17.1. The van der Waals surface area contributed by atoms with Crippen LogP contribution in [0, 0.1) is 6.92 Å². The van der Waals surface area contributed by atoms with Gasteiger partial charge in [0.15, 0.2) is 6.29 Å². The molecule has 2 nitrogen and oxygen atoms in total. The van der Waals surface area contributed by atoms with Gasteiger partial charge in [0.1, 0.15) is 5.75 Å². The van der Waals surface area contributed by atoms with Crippen LogP contribution in [0.4, 0.5) is 0 Å². The molecule has 2 aromatic rings. The molecule has 2 unspecified atom stereocenters. The van der Waals surface area contributed by atoms with Crippen LogP contribution in [0.1, 0.15) is 56.2 Å². The van der Waals surface area contributed by atoms with Gasteiger partial charge in [0.25, 0.3) is 0 Å². The maximum atomic E-state index is 5.83. The van der Waals surface area contributed by atoms with Gasteiger partial charge >= 0.3 is 0 Å². The Balaban J connectivity index is 1.69. The van der Waals surface area contributed by atoms with E-state index in [1.54, 1.807) is 0 Å². The highest BCUT2D eigenvalue weighted by Gasteiger charge is 2.06. The summed E-state index contributed by atoms with van der Waals surface area (Å²) in [5.74, 6) is 1.46. The van der Waals surface area contributed by atoms with Crippen molar-refractivity contribution < 1.29 is 9.47 Å². The molecule has 0 heterocycles. The van der Waals surface area contributed by atoms with Gasteiger partial charge in [-0.25, -0.2) is 0 Å². The van der Waals surface area contributed by atoms with Crippen molar-refractivity contribution in [1.82, 2.24) is 0 Å². The van der Waals surface area contributed by atoms with Gasteiger partial charge in [0, 0.05) is 0 Å². The van der Waals surface area contributed by atoms with Crippen molar-refractivity contribution in [2.75, 3.05) is 6.61 Å². The van der Waals surface area contributed by atoms with E-state index >= 15 is 0 Å². The van der Waals surface area contributed by atoms with Crippen molar-refractivity contribution in [1.29, 1.82) is 0 Å². The van der Waals surface area contributed by atoms with Gasteiger partial charge in [-0.1, -0.05) is 55.8 Å². The highest BCUT2D eigenvalue weighted by atomic mass is 16.7. The fourth-order valence-corrected chi connectivity index (χ4v) is 2.62. The first-order valence-electron chi connectivity index (χ1n) is 9.02. The van der Waals surface area contributed by atoms with Crippen LogP contribution in [0.5, 0.6) is 5.75 Å². The molecule has 130 valence electrons. The molecule has 0 saturated heterocycles. The van der Waals surface area contributed by atoms with E-state index in [1.165, 1.54) is 16.7 Å². The topological polar surface area (TPSA) is 18.5 Å². The summed E-state index contributed by atoms with van der Waals surface area (Å²) in [5.41, 5.74) is 4.02. The van der Waals surface area contributed by atoms with Gasteiger partial charge in [0.05, 0.1) is 6.61 Å². The molecule has 0 aliphatic carbocycles. The summed E-state index contributed by atoms with van der Waals surface area (Å²) >= 11 is 0. The minimum atomic E-state index is -0.225. The Morgan fingerprint density at radius 3 is 2.21 bits per heavy atom. The molecule has 2 aromatic carbocycles. The number of ether oxygens (including phenoxy) is 2. The molecule has 0 N–H and O–H groups in total. The lowest BCUT2D eigenvalue weighted by atomic mass is 9.99. The summed E-state index contributed by atoms with van der Waals surface area (Å²) in [6.07, 6.45) is 2.97. The Labute approximate surface area is 146 Å². The lowest BCUT2D eigenvalue weighted by Crippen LogP contribution is -2.17. The number of aryl methyl sites for hydroxylation is 2. The molecule has 0 aromatic heterocycles. The van der Waals surface area contributed by atoms with E-state index in [0.717, 1.165) is 25.0 Å². The largest absolute Gasteiger partial charge is 0.465 e. The maximum absolute atomic E-state index is 5.83. The molecule has 2 rings (SSSR count). The molecule has 0 aliphatic heterocycles. The minimum absolute atomic E-state index is 0.225. The van der Waals surface area contributed by atoms with Gasteiger partial charge in [-0.2, -0.15) is 0 Å². The lowest BCUT2D eigenvalue weighted by Gasteiger charge is -2.16. The van der Waals surface area contributed by atoms with Crippen LogP contribution in [0.25, 0.3) is 0 Å². The fourth-order valence-electron chi connectivity index (χ4n) is 2.62. The maximum Gasteiger partial charge on any atom is 0.196 e. The average Bonchev–Trinajstić information content (AvgIpc) is 2.60. The normalized spacial score (nSPS) is 13.5. The van der Waals surface area contributed by atoms with Crippen LogP contribution in [-0.2, 0) is 11.2 Å². The Hall–Kier alpha value is -1.80. The van der Waals surface area contributed by atoms with Crippen LogP contribution in [-0.4, -0.2) is 12.9 Å². The zero-order chi connectivity index (χ0) is 17.4. The van der Waals surface area contributed by atoms with E-state index in [0.29, 0.717) is 12.5 Å². The molecule has 0 amide bonds. The molecule has 2 atom stereocenters. The fraction of sp³-hybridized carbons (Fsp3) is 0.455. The number of hydrogen-bond acceptors (Lipinski definition) is 2. The molecule has 24 heavy (non-hydrogen) atoms. The van der Waals surface area contributed by atoms with Gasteiger partial charge in [-0.3, -0.25) is 0 Å². The second-order valence-electron chi connectivity index (χ2n) is 6.52. The molecule has 2 heteroatoms. The first-order chi connectivity index (χ1) is 11.6. The summed E-state index contributed by atoms with van der Waals surface area (Å²) < 4.78 is 11.6. The van der Waals surface area contributed by atoms with E-state index in [4.69, 9.17) is 9.47 Å². The quantitative estimate of drug-likeness (QED) is 0.423. The molecular formula is C22H30O2. The lowest BCUT2D eigenvalue weighted by molar-refractivity contribution is -0.0672. The van der Waals surface area contributed by atoms with Gasteiger partial charge < -0.3 is 9.47 Å². The third-order valence-corrected chi connectivity index (χ3v) is 4.45. The minimum Gasteiger partial charge on any atom is -0.465 e. The van der Waals surface area contributed by atoms with Crippen molar-refractivity contribution in [3.05, 3.63) is 65.2 Å². The third-order valence-electron chi connectivity index (χ3n) is 4.45. The van der Waals surface area contributed by atoms with Gasteiger partial charge in [0.2, 0.25) is 0 Å². The second-order valence-corrected chi connectivity index (χ2v) is 6.52. The first-order valence-corrected chi connectivity index (χ1v) is 9.02. The SMILES string of the molecule is CCC(C)c1ccc(OC(C)OCCCc2ccc(C)cc2)cc1. The third kappa shape index (κ3) is 6.01.